The number of piperidine rings is 1. The molecule has 0 spiro atoms. The van der Waals surface area contributed by atoms with Crippen LogP contribution in [0.25, 0.3) is 5.65 Å². The summed E-state index contributed by atoms with van der Waals surface area (Å²) < 4.78 is 21.6. The molecule has 4 heterocycles. The molecule has 2 aliphatic rings. The molecule has 5 rings (SSSR count). The lowest BCUT2D eigenvalue weighted by Gasteiger charge is -2.30. The summed E-state index contributed by atoms with van der Waals surface area (Å²) in [7, 11) is 0. The van der Waals surface area contributed by atoms with E-state index >= 15 is 0 Å². The molecule has 8 nitrogen and oxygen atoms in total. The molecular weight excluding hydrogens is 437 g/mol. The number of hydrogen-bond acceptors (Lipinski definition) is 6. The monoisotopic (exact) mass is 459 g/mol. The molecule has 10 heteroatoms. The van der Waals surface area contributed by atoms with Crippen molar-refractivity contribution in [2.24, 2.45) is 0 Å². The van der Waals surface area contributed by atoms with Gasteiger partial charge < -0.3 is 20.1 Å². The Morgan fingerprint density at radius 2 is 2.16 bits per heavy atom. The fourth-order valence-corrected chi connectivity index (χ4v) is 4.44. The number of aryl methyl sites for hydroxylation is 2. The Labute approximate surface area is 188 Å². The Balaban J connectivity index is 1.43. The molecule has 1 saturated heterocycles. The van der Waals surface area contributed by atoms with Gasteiger partial charge in [-0.2, -0.15) is 5.10 Å². The Kier molecular flexibility index (Phi) is 5.27. The second-order valence-electron chi connectivity index (χ2n) is 8.28. The SMILES string of the molecule is Cc1nc2c3c(nn2c(C)c1Cl)CN(C(=O)c1ccc(F)cc1O[C@H]1CCNC[C@@H]1O)C3. The molecule has 0 bridgehead atoms. The molecule has 1 amide bonds. The highest BCUT2D eigenvalue weighted by molar-refractivity contribution is 6.31. The Hall–Kier alpha value is -2.75. The van der Waals surface area contributed by atoms with Crippen LogP contribution in [0.1, 0.15) is 39.4 Å². The number of aliphatic hydroxyl groups excluding tert-OH is 1. The van der Waals surface area contributed by atoms with Gasteiger partial charge in [-0.25, -0.2) is 13.9 Å². The zero-order valence-electron chi connectivity index (χ0n) is 17.7. The van der Waals surface area contributed by atoms with E-state index in [0.717, 1.165) is 17.0 Å². The third-order valence-corrected chi connectivity index (χ3v) is 6.63. The van der Waals surface area contributed by atoms with Crippen molar-refractivity contribution < 1.29 is 19.0 Å². The largest absolute Gasteiger partial charge is 0.487 e. The third-order valence-electron chi connectivity index (χ3n) is 6.08. The molecule has 0 saturated carbocycles. The first kappa shape index (κ1) is 21.1. The number of ether oxygens (including phenoxy) is 1. The Morgan fingerprint density at radius 1 is 1.34 bits per heavy atom. The van der Waals surface area contributed by atoms with E-state index in [1.54, 1.807) is 9.42 Å². The molecule has 1 fully saturated rings. The second-order valence-corrected chi connectivity index (χ2v) is 8.65. The van der Waals surface area contributed by atoms with Crippen LogP contribution in [-0.2, 0) is 13.1 Å². The van der Waals surface area contributed by atoms with Crippen molar-refractivity contribution in [3.63, 3.8) is 0 Å². The number of benzene rings is 1. The van der Waals surface area contributed by atoms with Gasteiger partial charge in [0.05, 0.1) is 40.8 Å². The first-order valence-electron chi connectivity index (χ1n) is 10.5. The van der Waals surface area contributed by atoms with Crippen LogP contribution >= 0.6 is 11.6 Å². The van der Waals surface area contributed by atoms with Gasteiger partial charge in [0.1, 0.15) is 23.8 Å². The zero-order chi connectivity index (χ0) is 22.6. The summed E-state index contributed by atoms with van der Waals surface area (Å²) in [5.74, 6) is -0.660. The number of β-amino-alcohol motifs (C(OH)–C–C–N with tert-alkyl or cyclic N) is 1. The number of hydrogen-bond donors (Lipinski definition) is 2. The van der Waals surface area contributed by atoms with E-state index in [1.807, 2.05) is 13.8 Å². The number of carbonyl (C=O) groups excluding carboxylic acids is 1. The number of nitrogens with one attached hydrogen (secondary N) is 1. The van der Waals surface area contributed by atoms with Crippen LogP contribution in [0.15, 0.2) is 18.2 Å². The van der Waals surface area contributed by atoms with Crippen molar-refractivity contribution >= 4 is 23.2 Å². The lowest BCUT2D eigenvalue weighted by atomic mass is 10.1. The van der Waals surface area contributed by atoms with Gasteiger partial charge in [0.2, 0.25) is 0 Å². The predicted molar refractivity (Wildman–Crippen MR) is 115 cm³/mol. The van der Waals surface area contributed by atoms with E-state index in [-0.39, 0.29) is 17.2 Å². The number of aliphatic hydroxyl groups is 1. The first-order valence-corrected chi connectivity index (χ1v) is 10.9. The quantitative estimate of drug-likeness (QED) is 0.625. The highest BCUT2D eigenvalue weighted by Crippen LogP contribution is 2.32. The van der Waals surface area contributed by atoms with Gasteiger partial charge in [-0.15, -0.1) is 0 Å². The molecule has 2 N–H and O–H groups in total. The highest BCUT2D eigenvalue weighted by Gasteiger charge is 2.33. The van der Waals surface area contributed by atoms with Crippen molar-refractivity contribution in [2.45, 2.75) is 45.6 Å². The fourth-order valence-electron chi connectivity index (χ4n) is 4.32. The van der Waals surface area contributed by atoms with Gasteiger partial charge in [-0.05, 0) is 38.9 Å². The number of halogens is 2. The maximum Gasteiger partial charge on any atom is 0.258 e. The molecule has 168 valence electrons. The molecule has 2 aromatic heterocycles. The van der Waals surface area contributed by atoms with Gasteiger partial charge in [0.15, 0.2) is 5.65 Å². The number of nitrogens with zero attached hydrogens (tertiary/aromatic N) is 4. The fraction of sp³-hybridized carbons (Fsp3) is 0.409. The summed E-state index contributed by atoms with van der Waals surface area (Å²) in [6.07, 6.45) is -0.682. The van der Waals surface area contributed by atoms with Crippen molar-refractivity contribution in [3.05, 3.63) is 57.2 Å². The van der Waals surface area contributed by atoms with E-state index in [9.17, 15) is 14.3 Å². The van der Waals surface area contributed by atoms with Crippen molar-refractivity contribution in [1.82, 2.24) is 24.8 Å². The summed E-state index contributed by atoms with van der Waals surface area (Å²) in [4.78, 5) is 19.6. The minimum absolute atomic E-state index is 0.135. The molecule has 3 aromatic rings. The van der Waals surface area contributed by atoms with Crippen LogP contribution in [0.2, 0.25) is 5.02 Å². The van der Waals surface area contributed by atoms with Crippen molar-refractivity contribution in [1.29, 1.82) is 0 Å². The van der Waals surface area contributed by atoms with Crippen LogP contribution < -0.4 is 10.1 Å². The summed E-state index contributed by atoms with van der Waals surface area (Å²) >= 11 is 6.30. The second kappa shape index (κ2) is 7.99. The van der Waals surface area contributed by atoms with Crippen LogP contribution in [-0.4, -0.2) is 55.8 Å². The van der Waals surface area contributed by atoms with Crippen LogP contribution in [0.4, 0.5) is 4.39 Å². The van der Waals surface area contributed by atoms with Crippen LogP contribution in [0.3, 0.4) is 0 Å². The highest BCUT2D eigenvalue weighted by atomic mass is 35.5. The molecule has 0 aliphatic carbocycles. The van der Waals surface area contributed by atoms with Gasteiger partial charge >= 0.3 is 0 Å². The number of fused-ring (bicyclic) bond motifs is 3. The van der Waals surface area contributed by atoms with Gasteiger partial charge in [-0.3, -0.25) is 4.79 Å². The smallest absolute Gasteiger partial charge is 0.258 e. The zero-order valence-corrected chi connectivity index (χ0v) is 18.5. The summed E-state index contributed by atoms with van der Waals surface area (Å²) in [6.45, 7) is 5.42. The molecule has 1 aromatic carbocycles. The van der Waals surface area contributed by atoms with E-state index in [1.165, 1.54) is 18.2 Å². The summed E-state index contributed by atoms with van der Waals surface area (Å²) in [5.41, 5.74) is 4.08. The number of carbonyl (C=O) groups is 1. The summed E-state index contributed by atoms with van der Waals surface area (Å²) in [6, 6.07) is 3.86. The van der Waals surface area contributed by atoms with Gasteiger partial charge in [0, 0.05) is 18.2 Å². The molecule has 32 heavy (non-hydrogen) atoms. The maximum absolute atomic E-state index is 14.0. The van der Waals surface area contributed by atoms with Gasteiger partial charge in [0.25, 0.3) is 5.91 Å². The van der Waals surface area contributed by atoms with E-state index < -0.39 is 18.0 Å². The first-order chi connectivity index (χ1) is 15.3. The Bertz CT molecular complexity index is 1230. The van der Waals surface area contributed by atoms with Gasteiger partial charge in [-0.1, -0.05) is 11.6 Å². The minimum atomic E-state index is -0.732. The molecule has 2 atom stereocenters. The molecular formula is C22H23ClFN5O3. The third kappa shape index (κ3) is 3.50. The standard InChI is InChI=1S/C22H23ClFN5O3/c1-11-20(23)12(2)29-21(26-11)15-9-28(10-16(15)27-29)22(31)14-4-3-13(24)7-19(14)32-18-5-6-25-8-17(18)30/h3-4,7,17-18,25,30H,5-6,8-10H2,1-2H3/t17-,18-/m0/s1. The Morgan fingerprint density at radius 3 is 2.94 bits per heavy atom. The number of amides is 1. The number of aromatic nitrogens is 3. The van der Waals surface area contributed by atoms with E-state index in [0.29, 0.717) is 49.0 Å². The molecule has 2 aliphatic heterocycles. The van der Waals surface area contributed by atoms with Crippen LogP contribution in [0, 0.1) is 19.7 Å². The van der Waals surface area contributed by atoms with E-state index in [4.69, 9.17) is 16.3 Å². The summed E-state index contributed by atoms with van der Waals surface area (Å²) in [5, 5.41) is 18.4. The van der Waals surface area contributed by atoms with Crippen LogP contribution in [0.5, 0.6) is 5.75 Å². The maximum atomic E-state index is 14.0. The lowest BCUT2D eigenvalue weighted by molar-refractivity contribution is 0.0153. The lowest BCUT2D eigenvalue weighted by Crippen LogP contribution is -2.46. The van der Waals surface area contributed by atoms with E-state index in [2.05, 4.69) is 15.4 Å². The van der Waals surface area contributed by atoms with Crippen molar-refractivity contribution in [3.8, 4) is 5.75 Å². The molecule has 0 unspecified atom stereocenters. The topological polar surface area (TPSA) is 92.0 Å². The average Bonchev–Trinajstić information content (AvgIpc) is 3.33. The normalized spacial score (nSPS) is 20.6. The number of rotatable bonds is 3. The molecule has 0 radical (unpaired) electrons. The van der Waals surface area contributed by atoms with Crippen molar-refractivity contribution in [2.75, 3.05) is 13.1 Å². The minimum Gasteiger partial charge on any atom is -0.487 e. The average molecular weight is 460 g/mol. The predicted octanol–water partition coefficient (Wildman–Crippen LogP) is 2.40.